The quantitative estimate of drug-likeness (QED) is 0.880. The van der Waals surface area contributed by atoms with Gasteiger partial charge in [-0.25, -0.2) is 0 Å². The number of hydrogen-bond donors (Lipinski definition) is 1. The zero-order valence-corrected chi connectivity index (χ0v) is 10.7. The Morgan fingerprint density at radius 2 is 2.44 bits per heavy atom. The van der Waals surface area contributed by atoms with Gasteiger partial charge in [-0.15, -0.1) is 0 Å². The molecule has 1 aromatic rings. The zero-order valence-electron chi connectivity index (χ0n) is 9.90. The van der Waals surface area contributed by atoms with Crippen molar-refractivity contribution in [2.24, 2.45) is 0 Å². The summed E-state index contributed by atoms with van der Waals surface area (Å²) in [6.45, 7) is 6.94. The normalized spacial score (nSPS) is 21.4. The van der Waals surface area contributed by atoms with Gasteiger partial charge in [0.05, 0.1) is 6.10 Å². The highest BCUT2D eigenvalue weighted by atomic mass is 32.1. The van der Waals surface area contributed by atoms with Gasteiger partial charge in [0, 0.05) is 25.3 Å². The Balaban J connectivity index is 2.06. The zero-order chi connectivity index (χ0) is 11.5. The summed E-state index contributed by atoms with van der Waals surface area (Å²) in [4.78, 5) is 2.35. The van der Waals surface area contributed by atoms with Gasteiger partial charge in [0.15, 0.2) is 0 Å². The van der Waals surface area contributed by atoms with E-state index in [4.69, 9.17) is 10.5 Å². The molecule has 0 spiro atoms. The topological polar surface area (TPSA) is 51.4 Å². The molecule has 0 aromatic carbocycles. The lowest BCUT2D eigenvalue weighted by molar-refractivity contribution is 0.0528. The van der Waals surface area contributed by atoms with Crippen LogP contribution in [0.25, 0.3) is 0 Å². The molecule has 1 saturated heterocycles. The van der Waals surface area contributed by atoms with Crippen LogP contribution in [0, 0.1) is 6.92 Å². The number of rotatable bonds is 3. The van der Waals surface area contributed by atoms with Crippen molar-refractivity contribution in [1.29, 1.82) is 0 Å². The molecule has 1 aromatic heterocycles. The Morgan fingerprint density at radius 3 is 3.06 bits per heavy atom. The van der Waals surface area contributed by atoms with Crippen molar-refractivity contribution in [2.75, 3.05) is 30.3 Å². The predicted octanol–water partition coefficient (Wildman–Crippen LogP) is 2.04. The van der Waals surface area contributed by atoms with Gasteiger partial charge in [-0.2, -0.15) is 4.37 Å². The first kappa shape index (κ1) is 11.7. The minimum absolute atomic E-state index is 0.362. The van der Waals surface area contributed by atoms with Gasteiger partial charge in [-0.05, 0) is 38.2 Å². The standard InChI is InChI=1S/C11H19N3OS/c1-3-15-9-5-4-6-14(7-9)11-8(2)10(12)13-16-11/h9H,3-7H2,1-2H3,(H2,12,13). The highest BCUT2D eigenvalue weighted by molar-refractivity contribution is 7.10. The fourth-order valence-corrected chi connectivity index (χ4v) is 2.97. The molecular formula is C11H19N3OS. The number of piperidine rings is 1. The SMILES string of the molecule is CCOC1CCCN(c2snc(N)c2C)C1. The van der Waals surface area contributed by atoms with E-state index in [-0.39, 0.29) is 0 Å². The molecule has 0 radical (unpaired) electrons. The molecule has 90 valence electrons. The van der Waals surface area contributed by atoms with E-state index in [2.05, 4.69) is 16.2 Å². The molecule has 1 fully saturated rings. The van der Waals surface area contributed by atoms with Gasteiger partial charge in [-0.3, -0.25) is 0 Å². The molecule has 1 aliphatic heterocycles. The number of aromatic nitrogens is 1. The molecule has 0 saturated carbocycles. The lowest BCUT2D eigenvalue weighted by Crippen LogP contribution is -2.39. The third-order valence-electron chi connectivity index (χ3n) is 3.00. The number of nitrogens with two attached hydrogens (primary N) is 1. The molecule has 0 amide bonds. The predicted molar refractivity (Wildman–Crippen MR) is 68.1 cm³/mol. The smallest absolute Gasteiger partial charge is 0.142 e. The molecule has 2 rings (SSSR count). The molecule has 0 bridgehead atoms. The van der Waals surface area contributed by atoms with Crippen molar-refractivity contribution in [3.8, 4) is 0 Å². The molecule has 1 aliphatic rings. The van der Waals surface area contributed by atoms with Crippen LogP contribution in [0.5, 0.6) is 0 Å². The van der Waals surface area contributed by atoms with E-state index in [1.54, 1.807) is 0 Å². The van der Waals surface area contributed by atoms with Crippen molar-refractivity contribution in [1.82, 2.24) is 4.37 Å². The molecule has 2 heterocycles. The number of nitrogen functional groups attached to an aromatic ring is 1. The minimum Gasteiger partial charge on any atom is -0.383 e. The minimum atomic E-state index is 0.362. The Morgan fingerprint density at radius 1 is 1.62 bits per heavy atom. The third-order valence-corrected chi connectivity index (χ3v) is 4.03. The number of hydrogen-bond acceptors (Lipinski definition) is 5. The van der Waals surface area contributed by atoms with E-state index >= 15 is 0 Å². The van der Waals surface area contributed by atoms with E-state index in [1.807, 2.05) is 6.92 Å². The summed E-state index contributed by atoms with van der Waals surface area (Å²) in [5.74, 6) is 0.665. The first-order chi connectivity index (χ1) is 7.72. The van der Waals surface area contributed by atoms with Crippen LogP contribution in [0.4, 0.5) is 10.8 Å². The number of ether oxygens (including phenoxy) is 1. The van der Waals surface area contributed by atoms with Crippen molar-refractivity contribution in [2.45, 2.75) is 32.8 Å². The van der Waals surface area contributed by atoms with E-state index in [0.29, 0.717) is 11.9 Å². The monoisotopic (exact) mass is 241 g/mol. The van der Waals surface area contributed by atoms with Crippen LogP contribution in [0.2, 0.25) is 0 Å². The lowest BCUT2D eigenvalue weighted by atomic mass is 10.1. The van der Waals surface area contributed by atoms with Crippen molar-refractivity contribution < 1.29 is 4.74 Å². The van der Waals surface area contributed by atoms with Crippen LogP contribution in [0.1, 0.15) is 25.3 Å². The van der Waals surface area contributed by atoms with Crippen LogP contribution in [0.15, 0.2) is 0 Å². The fraction of sp³-hybridized carbons (Fsp3) is 0.727. The Hall–Kier alpha value is -0.810. The summed E-state index contributed by atoms with van der Waals surface area (Å²) in [5, 5.41) is 1.21. The molecule has 1 atom stereocenters. The first-order valence-electron chi connectivity index (χ1n) is 5.80. The summed E-state index contributed by atoms with van der Waals surface area (Å²) < 4.78 is 9.89. The highest BCUT2D eigenvalue weighted by Crippen LogP contribution is 2.31. The molecule has 5 heteroatoms. The van der Waals surface area contributed by atoms with Crippen molar-refractivity contribution in [3.05, 3.63) is 5.56 Å². The second kappa shape index (κ2) is 5.01. The third kappa shape index (κ3) is 2.30. The second-order valence-electron chi connectivity index (χ2n) is 4.16. The van der Waals surface area contributed by atoms with Crippen LogP contribution in [-0.4, -0.2) is 30.2 Å². The first-order valence-corrected chi connectivity index (χ1v) is 6.58. The van der Waals surface area contributed by atoms with E-state index in [0.717, 1.165) is 31.7 Å². The average Bonchev–Trinajstić information content (AvgIpc) is 2.61. The lowest BCUT2D eigenvalue weighted by Gasteiger charge is -2.33. The summed E-state index contributed by atoms with van der Waals surface area (Å²) in [7, 11) is 0. The average molecular weight is 241 g/mol. The highest BCUT2D eigenvalue weighted by Gasteiger charge is 2.23. The van der Waals surface area contributed by atoms with Gasteiger partial charge < -0.3 is 15.4 Å². The van der Waals surface area contributed by atoms with Crippen LogP contribution < -0.4 is 10.6 Å². The maximum absolute atomic E-state index is 5.78. The molecular weight excluding hydrogens is 222 g/mol. The summed E-state index contributed by atoms with van der Waals surface area (Å²) in [5.41, 5.74) is 6.90. The largest absolute Gasteiger partial charge is 0.383 e. The van der Waals surface area contributed by atoms with Crippen molar-refractivity contribution >= 4 is 22.4 Å². The summed E-state index contributed by atoms with van der Waals surface area (Å²) in [6.07, 6.45) is 2.71. The maximum Gasteiger partial charge on any atom is 0.142 e. The van der Waals surface area contributed by atoms with Gasteiger partial charge in [0.2, 0.25) is 0 Å². The molecule has 1 unspecified atom stereocenters. The van der Waals surface area contributed by atoms with E-state index < -0.39 is 0 Å². The summed E-state index contributed by atoms with van der Waals surface area (Å²) in [6, 6.07) is 0. The van der Waals surface area contributed by atoms with E-state index in [1.165, 1.54) is 23.0 Å². The second-order valence-corrected chi connectivity index (χ2v) is 4.92. The van der Waals surface area contributed by atoms with Gasteiger partial charge >= 0.3 is 0 Å². The molecule has 16 heavy (non-hydrogen) atoms. The van der Waals surface area contributed by atoms with Crippen LogP contribution in [-0.2, 0) is 4.74 Å². The number of anilines is 2. The molecule has 2 N–H and O–H groups in total. The van der Waals surface area contributed by atoms with Crippen LogP contribution >= 0.6 is 11.5 Å². The van der Waals surface area contributed by atoms with E-state index in [9.17, 15) is 0 Å². The molecule has 0 aliphatic carbocycles. The van der Waals surface area contributed by atoms with Crippen molar-refractivity contribution in [3.63, 3.8) is 0 Å². The van der Waals surface area contributed by atoms with Gasteiger partial charge in [0.25, 0.3) is 0 Å². The fourth-order valence-electron chi connectivity index (χ4n) is 2.13. The summed E-state index contributed by atoms with van der Waals surface area (Å²) >= 11 is 1.50. The number of nitrogens with zero attached hydrogens (tertiary/aromatic N) is 2. The Kier molecular flexibility index (Phi) is 3.66. The van der Waals surface area contributed by atoms with Crippen LogP contribution in [0.3, 0.4) is 0 Å². The Bertz CT molecular complexity index is 351. The van der Waals surface area contributed by atoms with Gasteiger partial charge in [-0.1, -0.05) is 0 Å². The van der Waals surface area contributed by atoms with Gasteiger partial charge in [0.1, 0.15) is 10.8 Å². The Labute approximate surface area is 101 Å². The molecule has 4 nitrogen and oxygen atoms in total. The maximum atomic E-state index is 5.78.